The van der Waals surface area contributed by atoms with Crippen molar-refractivity contribution < 1.29 is 4.92 Å². The van der Waals surface area contributed by atoms with Gasteiger partial charge in [-0.05, 0) is 24.8 Å². The minimum Gasteiger partial charge on any atom is -0.323 e. The Balaban J connectivity index is 2.06. The SMILES string of the molecule is O=c1[nH]c[c]c(CCCc2ccccc2)c1[N+](=O)[O-]. The molecule has 1 aromatic heterocycles. The van der Waals surface area contributed by atoms with E-state index in [9.17, 15) is 14.9 Å². The van der Waals surface area contributed by atoms with Gasteiger partial charge in [-0.2, -0.15) is 0 Å². The van der Waals surface area contributed by atoms with Crippen molar-refractivity contribution in [3.8, 4) is 0 Å². The summed E-state index contributed by atoms with van der Waals surface area (Å²) in [4.78, 5) is 23.9. The minimum atomic E-state index is -0.668. The lowest BCUT2D eigenvalue weighted by Crippen LogP contribution is -2.13. The molecule has 5 heteroatoms. The molecule has 1 heterocycles. The van der Waals surface area contributed by atoms with Crippen molar-refractivity contribution in [2.24, 2.45) is 0 Å². The number of rotatable bonds is 5. The van der Waals surface area contributed by atoms with Crippen LogP contribution >= 0.6 is 0 Å². The molecule has 0 saturated heterocycles. The zero-order chi connectivity index (χ0) is 13.7. The Morgan fingerprint density at radius 2 is 1.95 bits per heavy atom. The monoisotopic (exact) mass is 257 g/mol. The van der Waals surface area contributed by atoms with E-state index >= 15 is 0 Å². The van der Waals surface area contributed by atoms with Crippen LogP contribution in [0, 0.1) is 16.2 Å². The van der Waals surface area contributed by atoms with Gasteiger partial charge in [0.1, 0.15) is 0 Å². The molecule has 0 atom stereocenters. The molecular formula is C14H13N2O3. The van der Waals surface area contributed by atoms with E-state index in [2.05, 4.69) is 11.1 Å². The fourth-order valence-corrected chi connectivity index (χ4v) is 1.96. The molecule has 19 heavy (non-hydrogen) atoms. The summed E-state index contributed by atoms with van der Waals surface area (Å²) in [5, 5.41) is 10.8. The van der Waals surface area contributed by atoms with E-state index < -0.39 is 16.2 Å². The number of hydrogen-bond acceptors (Lipinski definition) is 3. The van der Waals surface area contributed by atoms with E-state index in [4.69, 9.17) is 0 Å². The molecule has 5 nitrogen and oxygen atoms in total. The molecule has 1 aromatic carbocycles. The van der Waals surface area contributed by atoms with Crippen molar-refractivity contribution in [2.45, 2.75) is 19.3 Å². The molecule has 0 aliphatic rings. The number of benzene rings is 1. The maximum atomic E-state index is 11.4. The van der Waals surface area contributed by atoms with E-state index in [1.807, 2.05) is 30.3 Å². The standard InChI is InChI=1S/C14H13N2O3/c17-14-13(16(18)19)12(9-10-15-14)8-4-7-11-5-2-1-3-6-11/h1-3,5-6,10H,4,7-8H2,(H,15,17). The van der Waals surface area contributed by atoms with Gasteiger partial charge >= 0.3 is 11.2 Å². The Hall–Kier alpha value is -2.43. The largest absolute Gasteiger partial charge is 0.337 e. The van der Waals surface area contributed by atoms with Gasteiger partial charge in [-0.25, -0.2) is 0 Å². The summed E-state index contributed by atoms with van der Waals surface area (Å²) >= 11 is 0. The molecule has 0 saturated carbocycles. The van der Waals surface area contributed by atoms with Gasteiger partial charge < -0.3 is 4.98 Å². The summed E-state index contributed by atoms with van der Waals surface area (Å²) in [7, 11) is 0. The van der Waals surface area contributed by atoms with Crippen LogP contribution in [0.5, 0.6) is 0 Å². The topological polar surface area (TPSA) is 76.0 Å². The van der Waals surface area contributed by atoms with Gasteiger partial charge in [-0.15, -0.1) is 0 Å². The number of nitrogens with one attached hydrogen (secondary N) is 1. The normalized spacial score (nSPS) is 10.3. The fraction of sp³-hybridized carbons (Fsp3) is 0.214. The third kappa shape index (κ3) is 3.28. The Labute approximate surface area is 110 Å². The van der Waals surface area contributed by atoms with Crippen molar-refractivity contribution in [1.82, 2.24) is 4.98 Å². The predicted molar refractivity (Wildman–Crippen MR) is 71.0 cm³/mol. The van der Waals surface area contributed by atoms with E-state index in [1.165, 1.54) is 11.8 Å². The summed E-state index contributed by atoms with van der Waals surface area (Å²) in [6, 6.07) is 12.6. The van der Waals surface area contributed by atoms with E-state index in [-0.39, 0.29) is 0 Å². The number of pyridine rings is 1. The van der Waals surface area contributed by atoms with Crippen LogP contribution in [0.3, 0.4) is 0 Å². The number of H-pyrrole nitrogens is 1. The molecular weight excluding hydrogens is 244 g/mol. The van der Waals surface area contributed by atoms with Gasteiger partial charge in [0.05, 0.1) is 4.92 Å². The first kappa shape index (κ1) is 13.0. The summed E-state index contributed by atoms with van der Waals surface area (Å²) in [5.74, 6) is 0. The Kier molecular flexibility index (Phi) is 4.07. The summed E-state index contributed by atoms with van der Waals surface area (Å²) in [5.41, 5.74) is 0.480. The number of nitrogens with zero attached hydrogens (tertiary/aromatic N) is 1. The Morgan fingerprint density at radius 1 is 1.21 bits per heavy atom. The molecule has 2 aromatic rings. The van der Waals surface area contributed by atoms with Crippen molar-refractivity contribution >= 4 is 5.69 Å². The van der Waals surface area contributed by atoms with Crippen LogP contribution in [0.15, 0.2) is 41.3 Å². The molecule has 0 aliphatic carbocycles. The van der Waals surface area contributed by atoms with Crippen molar-refractivity contribution in [1.29, 1.82) is 0 Å². The first-order valence-corrected chi connectivity index (χ1v) is 5.99. The summed E-state index contributed by atoms with van der Waals surface area (Å²) in [6.45, 7) is 0. The molecule has 97 valence electrons. The van der Waals surface area contributed by atoms with Gasteiger partial charge in [0.15, 0.2) is 0 Å². The zero-order valence-electron chi connectivity index (χ0n) is 10.3. The molecule has 0 amide bonds. The van der Waals surface area contributed by atoms with Crippen molar-refractivity contribution in [3.05, 3.63) is 74.2 Å². The quantitative estimate of drug-likeness (QED) is 0.659. The molecule has 0 spiro atoms. The molecule has 0 aliphatic heterocycles. The average molecular weight is 257 g/mol. The summed E-state index contributed by atoms with van der Waals surface area (Å²) in [6.07, 6.45) is 3.35. The highest BCUT2D eigenvalue weighted by molar-refractivity contribution is 5.36. The molecule has 1 N–H and O–H groups in total. The second-order valence-corrected chi connectivity index (χ2v) is 4.19. The van der Waals surface area contributed by atoms with Crippen LogP contribution in [0.4, 0.5) is 5.69 Å². The van der Waals surface area contributed by atoms with E-state index in [1.54, 1.807) is 0 Å². The van der Waals surface area contributed by atoms with Crippen LogP contribution in [-0.4, -0.2) is 9.91 Å². The first-order valence-electron chi connectivity index (χ1n) is 5.99. The Bertz CT molecular complexity index is 620. The van der Waals surface area contributed by atoms with Gasteiger partial charge in [-0.1, -0.05) is 30.3 Å². The van der Waals surface area contributed by atoms with Crippen molar-refractivity contribution in [2.75, 3.05) is 0 Å². The van der Waals surface area contributed by atoms with Crippen LogP contribution in [0.2, 0.25) is 0 Å². The molecule has 1 radical (unpaired) electrons. The number of nitro groups is 1. The zero-order valence-corrected chi connectivity index (χ0v) is 10.3. The number of aryl methyl sites for hydroxylation is 2. The van der Waals surface area contributed by atoms with Crippen LogP contribution < -0.4 is 5.56 Å². The highest BCUT2D eigenvalue weighted by atomic mass is 16.6. The third-order valence-electron chi connectivity index (χ3n) is 2.87. The lowest BCUT2D eigenvalue weighted by atomic mass is 10.0. The van der Waals surface area contributed by atoms with Crippen molar-refractivity contribution in [3.63, 3.8) is 0 Å². The van der Waals surface area contributed by atoms with Gasteiger partial charge in [0.2, 0.25) is 0 Å². The second kappa shape index (κ2) is 5.95. The lowest BCUT2D eigenvalue weighted by molar-refractivity contribution is -0.387. The molecule has 0 bridgehead atoms. The molecule has 0 unspecified atom stereocenters. The second-order valence-electron chi connectivity index (χ2n) is 4.19. The van der Waals surface area contributed by atoms with Gasteiger partial charge in [-0.3, -0.25) is 14.9 Å². The average Bonchev–Trinajstić information content (AvgIpc) is 2.39. The minimum absolute atomic E-state index is 0.365. The predicted octanol–water partition coefficient (Wildman–Crippen LogP) is 2.26. The third-order valence-corrected chi connectivity index (χ3v) is 2.87. The van der Waals surface area contributed by atoms with Crippen LogP contribution in [0.1, 0.15) is 17.5 Å². The smallest absolute Gasteiger partial charge is 0.323 e. The lowest BCUT2D eigenvalue weighted by Gasteiger charge is -2.02. The molecule has 0 fully saturated rings. The van der Waals surface area contributed by atoms with E-state index in [0.29, 0.717) is 12.0 Å². The number of hydrogen-bond donors (Lipinski definition) is 1. The fourth-order valence-electron chi connectivity index (χ4n) is 1.96. The summed E-state index contributed by atoms with van der Waals surface area (Å²) < 4.78 is 0. The Morgan fingerprint density at radius 3 is 2.63 bits per heavy atom. The maximum Gasteiger partial charge on any atom is 0.337 e. The van der Waals surface area contributed by atoms with Gasteiger partial charge in [0.25, 0.3) is 0 Å². The van der Waals surface area contributed by atoms with Crippen LogP contribution in [-0.2, 0) is 12.8 Å². The van der Waals surface area contributed by atoms with E-state index in [0.717, 1.165) is 12.8 Å². The number of aromatic amines is 1. The van der Waals surface area contributed by atoms with Gasteiger partial charge in [0, 0.05) is 17.8 Å². The highest BCUT2D eigenvalue weighted by Gasteiger charge is 2.18. The molecule has 2 rings (SSSR count). The first-order chi connectivity index (χ1) is 9.18. The number of aromatic nitrogens is 1. The highest BCUT2D eigenvalue weighted by Crippen LogP contribution is 2.14. The maximum absolute atomic E-state index is 11.4. The van der Waals surface area contributed by atoms with Crippen LogP contribution in [0.25, 0.3) is 0 Å².